The summed E-state index contributed by atoms with van der Waals surface area (Å²) in [5.41, 5.74) is 0.463. The molecule has 1 atom stereocenters. The van der Waals surface area contributed by atoms with E-state index in [-0.39, 0.29) is 11.9 Å². The van der Waals surface area contributed by atoms with Crippen LogP contribution in [-0.4, -0.2) is 11.9 Å². The average Bonchev–Trinajstić information content (AvgIpc) is 2.28. The number of nitrogens with one attached hydrogen (secondary N) is 1. The summed E-state index contributed by atoms with van der Waals surface area (Å²) < 4.78 is 0.842. The molecule has 2 nitrogen and oxygen atoms in total. The minimum atomic E-state index is -0.190. The van der Waals surface area contributed by atoms with E-state index >= 15 is 0 Å². The molecule has 0 spiro atoms. The van der Waals surface area contributed by atoms with Gasteiger partial charge < -0.3 is 5.32 Å². The molecule has 0 radical (unpaired) electrons. The molecule has 0 aliphatic heterocycles. The van der Waals surface area contributed by atoms with Crippen molar-refractivity contribution in [1.29, 1.82) is 0 Å². The van der Waals surface area contributed by atoms with Crippen molar-refractivity contribution in [2.45, 2.75) is 25.8 Å². The van der Waals surface area contributed by atoms with Gasteiger partial charge in [-0.25, -0.2) is 0 Å². The Morgan fingerprint density at radius 1 is 1.65 bits per heavy atom. The predicted molar refractivity (Wildman–Crippen MR) is 74.1 cm³/mol. The number of hydrogen-bond donors (Lipinski definition) is 1. The van der Waals surface area contributed by atoms with Crippen molar-refractivity contribution in [2.24, 2.45) is 0 Å². The first-order chi connectivity index (χ1) is 8.08. The van der Waals surface area contributed by atoms with Gasteiger partial charge in [0.1, 0.15) is 0 Å². The summed E-state index contributed by atoms with van der Waals surface area (Å²) in [6.45, 7) is 1.98. The molecule has 4 heteroatoms. The summed E-state index contributed by atoms with van der Waals surface area (Å²) in [6, 6.07) is 5.15. The predicted octanol–water partition coefficient (Wildman–Crippen LogP) is 3.63. The molecule has 90 valence electrons. The first kappa shape index (κ1) is 14.1. The quantitative estimate of drug-likeness (QED) is 0.845. The van der Waals surface area contributed by atoms with Gasteiger partial charge in [-0.15, -0.1) is 12.3 Å². The van der Waals surface area contributed by atoms with Crippen LogP contribution in [-0.2, 0) is 0 Å². The van der Waals surface area contributed by atoms with Crippen molar-refractivity contribution < 1.29 is 4.79 Å². The van der Waals surface area contributed by atoms with E-state index in [2.05, 4.69) is 27.2 Å². The molecule has 1 N–H and O–H groups in total. The van der Waals surface area contributed by atoms with Gasteiger partial charge in [-0.3, -0.25) is 4.79 Å². The Balaban J connectivity index is 2.79. The molecular weight excluding hydrogens is 302 g/mol. The second kappa shape index (κ2) is 6.68. The highest BCUT2D eigenvalue weighted by Crippen LogP contribution is 2.21. The lowest BCUT2D eigenvalue weighted by Crippen LogP contribution is -2.34. The number of benzene rings is 1. The molecule has 1 unspecified atom stereocenters. The summed E-state index contributed by atoms with van der Waals surface area (Å²) >= 11 is 9.29. The van der Waals surface area contributed by atoms with Crippen molar-refractivity contribution in [3.05, 3.63) is 33.3 Å². The van der Waals surface area contributed by atoms with Crippen LogP contribution in [0.5, 0.6) is 0 Å². The van der Waals surface area contributed by atoms with Gasteiger partial charge >= 0.3 is 0 Å². The maximum atomic E-state index is 11.9. The third-order valence-corrected chi connectivity index (χ3v) is 3.17. The Kier molecular flexibility index (Phi) is 5.54. The second-order valence-corrected chi connectivity index (χ2v) is 4.93. The maximum absolute atomic E-state index is 11.9. The number of carbonyl (C=O) groups is 1. The van der Waals surface area contributed by atoms with Gasteiger partial charge in [0.25, 0.3) is 5.91 Å². The van der Waals surface area contributed by atoms with Gasteiger partial charge in [0.05, 0.1) is 10.6 Å². The van der Waals surface area contributed by atoms with Gasteiger partial charge in [0, 0.05) is 16.9 Å². The third-order valence-electron chi connectivity index (χ3n) is 2.37. The van der Waals surface area contributed by atoms with E-state index in [1.807, 2.05) is 6.92 Å². The van der Waals surface area contributed by atoms with Crippen LogP contribution in [0.2, 0.25) is 5.02 Å². The zero-order valence-corrected chi connectivity index (χ0v) is 11.8. The summed E-state index contributed by atoms with van der Waals surface area (Å²) in [7, 11) is 0. The highest BCUT2D eigenvalue weighted by Gasteiger charge is 2.14. The second-order valence-electron chi connectivity index (χ2n) is 3.61. The van der Waals surface area contributed by atoms with E-state index in [9.17, 15) is 4.79 Å². The maximum Gasteiger partial charge on any atom is 0.253 e. The highest BCUT2D eigenvalue weighted by atomic mass is 79.9. The Hall–Kier alpha value is -0.980. The normalized spacial score (nSPS) is 11.6. The van der Waals surface area contributed by atoms with Crippen molar-refractivity contribution in [3.8, 4) is 12.3 Å². The molecule has 0 aromatic heterocycles. The number of carbonyl (C=O) groups excluding carboxylic acids is 1. The lowest BCUT2D eigenvalue weighted by molar-refractivity contribution is 0.0937. The van der Waals surface area contributed by atoms with Gasteiger partial charge in [-0.05, 0) is 24.6 Å². The first-order valence-corrected chi connectivity index (χ1v) is 6.45. The molecule has 0 fully saturated rings. The Morgan fingerprint density at radius 2 is 2.35 bits per heavy atom. The molecule has 0 aliphatic rings. The minimum absolute atomic E-state index is 0.00721. The van der Waals surface area contributed by atoms with E-state index in [4.69, 9.17) is 18.0 Å². The summed E-state index contributed by atoms with van der Waals surface area (Å²) in [5, 5.41) is 3.29. The highest BCUT2D eigenvalue weighted by molar-refractivity contribution is 9.10. The van der Waals surface area contributed by atoms with Gasteiger partial charge in [0.2, 0.25) is 0 Å². The average molecular weight is 315 g/mol. The first-order valence-electron chi connectivity index (χ1n) is 5.27. The number of amides is 1. The number of hydrogen-bond acceptors (Lipinski definition) is 1. The smallest absolute Gasteiger partial charge is 0.253 e. The van der Waals surface area contributed by atoms with Crippen LogP contribution in [0.25, 0.3) is 0 Å². The zero-order valence-electron chi connectivity index (χ0n) is 9.47. The fourth-order valence-corrected chi connectivity index (χ4v) is 2.14. The molecule has 0 heterocycles. The fraction of sp³-hybridized carbons (Fsp3) is 0.308. The van der Waals surface area contributed by atoms with Crippen LogP contribution in [0, 0.1) is 12.3 Å². The number of terminal acetylenes is 1. The number of halogens is 2. The lowest BCUT2D eigenvalue weighted by atomic mass is 10.1. The Bertz CT molecular complexity index is 453. The van der Waals surface area contributed by atoms with Crippen LogP contribution in [0.1, 0.15) is 30.1 Å². The Labute approximate surface area is 115 Å². The monoisotopic (exact) mass is 313 g/mol. The molecule has 0 bridgehead atoms. The zero-order chi connectivity index (χ0) is 12.8. The molecule has 0 saturated carbocycles. The molecule has 0 saturated heterocycles. The van der Waals surface area contributed by atoms with Crippen molar-refractivity contribution in [2.75, 3.05) is 0 Å². The van der Waals surface area contributed by atoms with Gasteiger partial charge in [0.15, 0.2) is 0 Å². The molecule has 0 aliphatic carbocycles. The number of rotatable bonds is 4. The molecular formula is C13H13BrClNO. The molecule has 1 rings (SSSR count). The minimum Gasteiger partial charge on any atom is -0.348 e. The van der Waals surface area contributed by atoms with Crippen LogP contribution >= 0.6 is 27.5 Å². The van der Waals surface area contributed by atoms with Crippen molar-refractivity contribution in [1.82, 2.24) is 5.32 Å². The van der Waals surface area contributed by atoms with Crippen molar-refractivity contribution >= 4 is 33.4 Å². The standard InChI is InChI=1S/C13H13BrClNO/c1-3-5-10(4-2)16-13(17)11-7-6-9(14)8-12(11)15/h1,6-8,10H,4-5H2,2H3,(H,16,17). The molecule has 1 aromatic rings. The molecule has 1 aromatic carbocycles. The summed E-state index contributed by atoms with van der Waals surface area (Å²) in [6.07, 6.45) is 6.56. The van der Waals surface area contributed by atoms with Crippen LogP contribution in [0.15, 0.2) is 22.7 Å². The van der Waals surface area contributed by atoms with Crippen LogP contribution in [0.4, 0.5) is 0 Å². The molecule has 1 amide bonds. The van der Waals surface area contributed by atoms with Crippen LogP contribution in [0.3, 0.4) is 0 Å². The topological polar surface area (TPSA) is 29.1 Å². The molecule has 17 heavy (non-hydrogen) atoms. The summed E-state index contributed by atoms with van der Waals surface area (Å²) in [5.74, 6) is 2.35. The third kappa shape index (κ3) is 4.07. The van der Waals surface area contributed by atoms with E-state index in [1.165, 1.54) is 0 Å². The van der Waals surface area contributed by atoms with Crippen LogP contribution < -0.4 is 5.32 Å². The lowest BCUT2D eigenvalue weighted by Gasteiger charge is -2.14. The largest absolute Gasteiger partial charge is 0.348 e. The summed E-state index contributed by atoms with van der Waals surface area (Å²) in [4.78, 5) is 11.9. The van der Waals surface area contributed by atoms with E-state index in [1.54, 1.807) is 18.2 Å². The van der Waals surface area contributed by atoms with Gasteiger partial charge in [-0.1, -0.05) is 34.5 Å². The van der Waals surface area contributed by atoms with Gasteiger partial charge in [-0.2, -0.15) is 0 Å². The Morgan fingerprint density at radius 3 is 2.88 bits per heavy atom. The van der Waals surface area contributed by atoms with E-state index < -0.39 is 0 Å². The van der Waals surface area contributed by atoms with E-state index in [0.717, 1.165) is 10.9 Å². The fourth-order valence-electron chi connectivity index (χ4n) is 1.38. The van der Waals surface area contributed by atoms with Crippen molar-refractivity contribution in [3.63, 3.8) is 0 Å². The SMILES string of the molecule is C#CCC(CC)NC(=O)c1ccc(Br)cc1Cl. The van der Waals surface area contributed by atoms with E-state index in [0.29, 0.717) is 17.0 Å².